The van der Waals surface area contributed by atoms with E-state index in [0.29, 0.717) is 6.54 Å². The van der Waals surface area contributed by atoms with Crippen LogP contribution in [0, 0.1) is 10.1 Å². The number of nitro groups is 1. The van der Waals surface area contributed by atoms with Crippen LogP contribution in [0.1, 0.15) is 13.8 Å². The molecule has 0 aromatic carbocycles. The molecule has 0 spiro atoms. The molecule has 0 aliphatic carbocycles. The fourth-order valence-corrected chi connectivity index (χ4v) is 3.66. The lowest BCUT2D eigenvalue weighted by Crippen LogP contribution is -2.22. The molecule has 0 amide bonds. The summed E-state index contributed by atoms with van der Waals surface area (Å²) < 4.78 is 25.6. The number of hydrogen-bond acceptors (Lipinski definition) is 6. The van der Waals surface area contributed by atoms with E-state index in [1.165, 1.54) is 0 Å². The summed E-state index contributed by atoms with van der Waals surface area (Å²) in [6, 6.07) is 1.07. The van der Waals surface area contributed by atoms with E-state index in [2.05, 4.69) is 10.0 Å². The molecular formula is C8H13N3O4S2. The Labute approximate surface area is 103 Å². The molecule has 1 heterocycles. The molecule has 0 aliphatic rings. The lowest BCUT2D eigenvalue weighted by Gasteiger charge is -1.99. The molecule has 1 aromatic rings. The second-order valence-electron chi connectivity index (χ2n) is 3.07. The molecule has 96 valence electrons. The highest BCUT2D eigenvalue weighted by atomic mass is 32.2. The number of anilines is 1. The van der Waals surface area contributed by atoms with Gasteiger partial charge in [0.15, 0.2) is 5.00 Å². The van der Waals surface area contributed by atoms with Crippen molar-refractivity contribution in [3.8, 4) is 0 Å². The zero-order valence-corrected chi connectivity index (χ0v) is 11.0. The Morgan fingerprint density at radius 3 is 2.53 bits per heavy atom. The van der Waals surface area contributed by atoms with E-state index in [1.54, 1.807) is 13.8 Å². The van der Waals surface area contributed by atoms with Gasteiger partial charge in [0, 0.05) is 19.2 Å². The minimum atomic E-state index is -3.64. The Bertz CT molecular complexity index is 509. The molecule has 0 bridgehead atoms. The topological polar surface area (TPSA) is 101 Å². The first kappa shape index (κ1) is 13.9. The van der Waals surface area contributed by atoms with Gasteiger partial charge in [0.2, 0.25) is 10.0 Å². The molecule has 0 unspecified atom stereocenters. The largest absolute Gasteiger partial charge is 0.372 e. The third kappa shape index (κ3) is 3.14. The molecule has 0 radical (unpaired) electrons. The molecule has 17 heavy (non-hydrogen) atoms. The summed E-state index contributed by atoms with van der Waals surface area (Å²) >= 11 is 0.856. The van der Waals surface area contributed by atoms with E-state index in [0.717, 1.165) is 17.4 Å². The highest BCUT2D eigenvalue weighted by Gasteiger charge is 2.25. The average Bonchev–Trinajstić information content (AvgIpc) is 2.63. The van der Waals surface area contributed by atoms with Gasteiger partial charge in [-0.05, 0) is 6.92 Å². The van der Waals surface area contributed by atoms with Crippen molar-refractivity contribution >= 4 is 32.0 Å². The normalized spacial score (nSPS) is 11.4. The van der Waals surface area contributed by atoms with Crippen LogP contribution >= 0.6 is 11.3 Å². The number of sulfonamides is 1. The fraction of sp³-hybridized carbons (Fsp3) is 0.500. The SMILES string of the molecule is CCNc1sc(S(=O)(=O)NCC)cc1[N+](=O)[O-]. The number of rotatable bonds is 6. The number of nitrogens with zero attached hydrogens (tertiary/aromatic N) is 1. The van der Waals surface area contributed by atoms with Gasteiger partial charge in [-0.3, -0.25) is 10.1 Å². The maximum Gasteiger partial charge on any atom is 0.304 e. The van der Waals surface area contributed by atoms with Crippen molar-refractivity contribution in [2.45, 2.75) is 18.1 Å². The second-order valence-corrected chi connectivity index (χ2v) is 6.11. The molecule has 0 atom stereocenters. The number of thiophene rings is 1. The Balaban J connectivity index is 3.20. The summed E-state index contributed by atoms with van der Waals surface area (Å²) in [6.45, 7) is 4.15. The number of hydrogen-bond donors (Lipinski definition) is 2. The smallest absolute Gasteiger partial charge is 0.304 e. The van der Waals surface area contributed by atoms with Crippen molar-refractivity contribution in [3.63, 3.8) is 0 Å². The van der Waals surface area contributed by atoms with Crippen LogP contribution in [0.15, 0.2) is 10.3 Å². The first-order chi connectivity index (χ1) is 7.92. The van der Waals surface area contributed by atoms with Gasteiger partial charge in [0.25, 0.3) is 0 Å². The second kappa shape index (κ2) is 5.43. The van der Waals surface area contributed by atoms with Crippen molar-refractivity contribution in [1.29, 1.82) is 0 Å². The van der Waals surface area contributed by atoms with Crippen molar-refractivity contribution < 1.29 is 13.3 Å². The van der Waals surface area contributed by atoms with Gasteiger partial charge in [-0.25, -0.2) is 13.1 Å². The van der Waals surface area contributed by atoms with Crippen molar-refractivity contribution in [3.05, 3.63) is 16.2 Å². The minimum absolute atomic E-state index is 0.0537. The van der Waals surface area contributed by atoms with E-state index in [4.69, 9.17) is 0 Å². The van der Waals surface area contributed by atoms with Gasteiger partial charge < -0.3 is 5.32 Å². The summed E-state index contributed by atoms with van der Waals surface area (Å²) in [4.78, 5) is 10.2. The van der Waals surface area contributed by atoms with Crippen LogP contribution in [0.3, 0.4) is 0 Å². The van der Waals surface area contributed by atoms with Crippen molar-refractivity contribution in [1.82, 2.24) is 4.72 Å². The highest BCUT2D eigenvalue weighted by molar-refractivity contribution is 7.91. The molecule has 1 rings (SSSR count). The zero-order valence-electron chi connectivity index (χ0n) is 9.39. The van der Waals surface area contributed by atoms with Gasteiger partial charge in [-0.1, -0.05) is 18.3 Å². The van der Waals surface area contributed by atoms with E-state index in [1.807, 2.05) is 0 Å². The predicted octanol–water partition coefficient (Wildman–Crippen LogP) is 1.39. The van der Waals surface area contributed by atoms with E-state index < -0.39 is 14.9 Å². The summed E-state index contributed by atoms with van der Waals surface area (Å²) in [5, 5.41) is 13.8. The van der Waals surface area contributed by atoms with Crippen LogP contribution in [-0.2, 0) is 10.0 Å². The Hall–Kier alpha value is -1.19. The van der Waals surface area contributed by atoms with Crippen LogP contribution in [0.25, 0.3) is 0 Å². The summed E-state index contributed by atoms with van der Waals surface area (Å²) in [5.74, 6) is 0. The molecule has 0 fully saturated rings. The molecule has 9 heteroatoms. The lowest BCUT2D eigenvalue weighted by molar-refractivity contribution is -0.383. The fourth-order valence-electron chi connectivity index (χ4n) is 1.18. The highest BCUT2D eigenvalue weighted by Crippen LogP contribution is 2.36. The first-order valence-electron chi connectivity index (χ1n) is 4.94. The maximum atomic E-state index is 11.7. The summed E-state index contributed by atoms with van der Waals surface area (Å²) in [5.41, 5.74) is -0.215. The Morgan fingerprint density at radius 2 is 2.06 bits per heavy atom. The molecule has 7 nitrogen and oxygen atoms in total. The monoisotopic (exact) mass is 279 g/mol. The van der Waals surface area contributed by atoms with E-state index >= 15 is 0 Å². The Kier molecular flexibility index (Phi) is 4.43. The zero-order chi connectivity index (χ0) is 13.1. The van der Waals surface area contributed by atoms with Crippen molar-refractivity contribution in [2.24, 2.45) is 0 Å². The Morgan fingerprint density at radius 1 is 1.41 bits per heavy atom. The molecule has 2 N–H and O–H groups in total. The minimum Gasteiger partial charge on any atom is -0.372 e. The standard InChI is InChI=1S/C8H13N3O4S2/c1-3-9-8-6(11(12)13)5-7(16-8)17(14,15)10-4-2/h5,9-10H,3-4H2,1-2H3. The summed E-state index contributed by atoms with van der Waals surface area (Å²) in [7, 11) is -3.64. The van der Waals surface area contributed by atoms with Gasteiger partial charge in [-0.15, -0.1) is 0 Å². The molecule has 0 saturated carbocycles. The third-order valence-electron chi connectivity index (χ3n) is 1.82. The van der Waals surface area contributed by atoms with Crippen LogP contribution in [0.4, 0.5) is 10.7 Å². The molecule has 0 saturated heterocycles. The maximum absolute atomic E-state index is 11.7. The van der Waals surface area contributed by atoms with Gasteiger partial charge in [0.05, 0.1) is 4.92 Å². The van der Waals surface area contributed by atoms with Gasteiger partial charge in [-0.2, -0.15) is 0 Å². The molecule has 0 aliphatic heterocycles. The van der Waals surface area contributed by atoms with Gasteiger partial charge >= 0.3 is 5.69 Å². The lowest BCUT2D eigenvalue weighted by atomic mass is 10.5. The van der Waals surface area contributed by atoms with Gasteiger partial charge in [0.1, 0.15) is 4.21 Å². The van der Waals surface area contributed by atoms with Crippen LogP contribution in [0.2, 0.25) is 0 Å². The molecule has 1 aromatic heterocycles. The predicted molar refractivity (Wildman–Crippen MR) is 66.0 cm³/mol. The average molecular weight is 279 g/mol. The van der Waals surface area contributed by atoms with Crippen molar-refractivity contribution in [2.75, 3.05) is 18.4 Å². The third-order valence-corrected chi connectivity index (χ3v) is 4.92. The summed E-state index contributed by atoms with van der Waals surface area (Å²) in [6.07, 6.45) is 0. The van der Waals surface area contributed by atoms with Crippen LogP contribution in [0.5, 0.6) is 0 Å². The van der Waals surface area contributed by atoms with E-state index in [9.17, 15) is 18.5 Å². The van der Waals surface area contributed by atoms with E-state index in [-0.39, 0.29) is 21.4 Å². The van der Waals surface area contributed by atoms with Crippen LogP contribution < -0.4 is 10.0 Å². The molecular weight excluding hydrogens is 266 g/mol. The number of nitrogens with one attached hydrogen (secondary N) is 2. The van der Waals surface area contributed by atoms with Crippen LogP contribution in [-0.4, -0.2) is 26.4 Å². The first-order valence-corrected chi connectivity index (χ1v) is 7.24. The quantitative estimate of drug-likeness (QED) is 0.605.